The lowest BCUT2D eigenvalue weighted by Crippen LogP contribution is -2.28. The zero-order valence-corrected chi connectivity index (χ0v) is 49.6. The van der Waals surface area contributed by atoms with Gasteiger partial charge in [-0.2, -0.15) is 11.8 Å². The Morgan fingerprint density at radius 2 is 0.806 bits per heavy atom. The predicted octanol–water partition coefficient (Wildman–Crippen LogP) is 19.5. The zero-order chi connectivity index (χ0) is 53.1. The summed E-state index contributed by atoms with van der Waals surface area (Å²) in [6, 6.07) is 4.24. The monoisotopic (exact) mass is 1030 g/mol. The Morgan fingerprint density at radius 3 is 1.11 bits per heavy atom. The molecule has 0 saturated heterocycles. The summed E-state index contributed by atoms with van der Waals surface area (Å²) in [7, 11) is 1.48. The second kappa shape index (κ2) is 44.0. The number of carbonyl (C=O) groups excluding carboxylic acids is 3. The van der Waals surface area contributed by atoms with Crippen LogP contribution in [0.25, 0.3) is 0 Å². The summed E-state index contributed by atoms with van der Waals surface area (Å²) in [5, 5.41) is 10.9. The van der Waals surface area contributed by atoms with Crippen molar-refractivity contribution < 1.29 is 33.7 Å². The molecule has 1 fully saturated rings. The van der Waals surface area contributed by atoms with E-state index in [1.54, 1.807) is 11.8 Å². The van der Waals surface area contributed by atoms with Gasteiger partial charge in [-0.1, -0.05) is 273 Å². The number of phenolic OH excluding ortho intramolecular Hbond substituents is 1. The van der Waals surface area contributed by atoms with E-state index in [0.717, 1.165) is 62.5 Å². The molecule has 0 heterocycles. The number of methoxy groups -OCH3 is 1. The molecule has 0 aliphatic heterocycles. The van der Waals surface area contributed by atoms with Crippen LogP contribution >= 0.6 is 11.8 Å². The second-order valence-electron chi connectivity index (χ2n) is 23.6. The molecule has 0 aromatic heterocycles. The summed E-state index contributed by atoms with van der Waals surface area (Å²) < 4.78 is 15.8. The van der Waals surface area contributed by atoms with Gasteiger partial charge in [-0.15, -0.1) is 0 Å². The van der Waals surface area contributed by atoms with Gasteiger partial charge in [0.1, 0.15) is 5.75 Å². The van der Waals surface area contributed by atoms with E-state index in [4.69, 9.17) is 14.2 Å². The van der Waals surface area contributed by atoms with Gasteiger partial charge in [0.2, 0.25) is 0 Å². The maximum absolute atomic E-state index is 12.3. The topological polar surface area (TPSA) is 99.1 Å². The van der Waals surface area contributed by atoms with E-state index in [1.807, 2.05) is 0 Å². The molecule has 2 rings (SSSR count). The Labute approximate surface area is 449 Å². The minimum absolute atomic E-state index is 0.0797. The molecule has 1 aliphatic rings. The average Bonchev–Trinajstić information content (AvgIpc) is 3.35. The fourth-order valence-corrected chi connectivity index (χ4v) is 11.0. The molecule has 0 radical (unpaired) electrons. The Kier molecular flexibility index (Phi) is 41.4. The number of hydrogen-bond donors (Lipinski definition) is 1. The van der Waals surface area contributed by atoms with Crippen LogP contribution in [-0.2, 0) is 39.4 Å². The summed E-state index contributed by atoms with van der Waals surface area (Å²) in [5.41, 5.74) is 2.78. The van der Waals surface area contributed by atoms with Crippen LogP contribution in [0.15, 0.2) is 12.1 Å². The molecule has 7 nitrogen and oxygen atoms in total. The molecule has 1 aromatic rings. The van der Waals surface area contributed by atoms with Crippen molar-refractivity contribution in [3.8, 4) is 5.75 Å². The standard InChI is InChI=1S/C42H82O4S.C22H34O3/c1-3-5-7-9-11-13-15-17-19-21-23-25-27-29-31-33-37-45-41(43)35-39-47-40-36-42(44)46-38-34-32-30-28-26-24-22-20-18-16-14-12-10-8-6-4-2;1-21(2,3)17-12-14(13-18(19(17)23)22(4,5)6)15-10-8-9-11-16(15)20(24)25-7/h3-40H2,1-2H3;12-13,15-16,23H,8-11H2,1-7H3. The van der Waals surface area contributed by atoms with Crippen LogP contribution in [0.4, 0.5) is 0 Å². The number of carbonyl (C=O) groups is 3. The quantitative estimate of drug-likeness (QED) is 0.0393. The second-order valence-corrected chi connectivity index (χ2v) is 24.9. The Balaban J connectivity index is 0.000000862. The normalized spacial score (nSPS) is 15.0. The summed E-state index contributed by atoms with van der Waals surface area (Å²) in [5.74, 6) is 1.59. The van der Waals surface area contributed by atoms with E-state index in [1.165, 1.54) is 192 Å². The van der Waals surface area contributed by atoms with Gasteiger partial charge in [0.25, 0.3) is 0 Å². The van der Waals surface area contributed by atoms with Gasteiger partial charge in [-0.25, -0.2) is 0 Å². The van der Waals surface area contributed by atoms with Gasteiger partial charge >= 0.3 is 17.9 Å². The molecule has 1 aromatic carbocycles. The Morgan fingerprint density at radius 1 is 0.500 bits per heavy atom. The van der Waals surface area contributed by atoms with Crippen LogP contribution in [0.3, 0.4) is 0 Å². The summed E-state index contributed by atoms with van der Waals surface area (Å²) in [4.78, 5) is 36.2. The molecule has 1 N–H and O–H groups in total. The third kappa shape index (κ3) is 35.1. The largest absolute Gasteiger partial charge is 0.507 e. The van der Waals surface area contributed by atoms with Crippen LogP contribution in [-0.4, -0.2) is 54.8 Å². The van der Waals surface area contributed by atoms with E-state index in [9.17, 15) is 19.5 Å². The van der Waals surface area contributed by atoms with Gasteiger partial charge in [0.15, 0.2) is 0 Å². The number of thioether (sulfide) groups is 1. The summed E-state index contributed by atoms with van der Waals surface area (Å²) in [6.45, 7) is 18.4. The highest BCUT2D eigenvalue weighted by atomic mass is 32.2. The number of phenols is 1. The van der Waals surface area contributed by atoms with E-state index >= 15 is 0 Å². The first-order valence-corrected chi connectivity index (χ1v) is 31.7. The maximum Gasteiger partial charge on any atom is 0.309 e. The minimum Gasteiger partial charge on any atom is -0.507 e. The maximum atomic E-state index is 12.3. The third-order valence-electron chi connectivity index (χ3n) is 14.9. The number of rotatable bonds is 42. The number of benzene rings is 1. The highest BCUT2D eigenvalue weighted by molar-refractivity contribution is 7.99. The molecule has 0 amide bonds. The highest BCUT2D eigenvalue weighted by Crippen LogP contribution is 2.45. The van der Waals surface area contributed by atoms with Gasteiger partial charge in [-0.3, -0.25) is 14.4 Å². The third-order valence-corrected chi connectivity index (χ3v) is 15.9. The van der Waals surface area contributed by atoms with Gasteiger partial charge in [0.05, 0.1) is 39.1 Å². The lowest BCUT2D eigenvalue weighted by Gasteiger charge is -2.33. The van der Waals surface area contributed by atoms with E-state index < -0.39 is 0 Å². The molecule has 0 bridgehead atoms. The van der Waals surface area contributed by atoms with E-state index in [2.05, 4.69) is 67.5 Å². The number of unbranched alkanes of at least 4 members (excludes halogenated alkanes) is 30. The number of esters is 3. The first-order chi connectivity index (χ1) is 34.7. The van der Waals surface area contributed by atoms with Crippen LogP contribution in [0.1, 0.15) is 322 Å². The molecule has 72 heavy (non-hydrogen) atoms. The molecule has 420 valence electrons. The first kappa shape index (κ1) is 67.8. The average molecular weight is 1030 g/mol. The van der Waals surface area contributed by atoms with Gasteiger partial charge in [0, 0.05) is 11.5 Å². The molecule has 8 heteroatoms. The van der Waals surface area contributed by atoms with Crippen molar-refractivity contribution in [1.82, 2.24) is 0 Å². The lowest BCUT2D eigenvalue weighted by atomic mass is 9.71. The van der Waals surface area contributed by atoms with Crippen molar-refractivity contribution in [2.24, 2.45) is 5.92 Å². The summed E-state index contributed by atoms with van der Waals surface area (Å²) >= 11 is 1.64. The molecular weight excluding hydrogens is 913 g/mol. The lowest BCUT2D eigenvalue weighted by molar-refractivity contribution is -0.147. The molecule has 2 atom stereocenters. The molecule has 1 saturated carbocycles. The molecular formula is C64H116O7S. The van der Waals surface area contributed by atoms with Gasteiger partial charge in [-0.05, 0) is 59.1 Å². The predicted molar refractivity (Wildman–Crippen MR) is 310 cm³/mol. The number of hydrogen-bond acceptors (Lipinski definition) is 8. The van der Waals surface area contributed by atoms with Crippen molar-refractivity contribution >= 4 is 29.7 Å². The molecule has 0 spiro atoms. The van der Waals surface area contributed by atoms with E-state index in [-0.39, 0.29) is 40.6 Å². The van der Waals surface area contributed by atoms with Crippen molar-refractivity contribution in [3.05, 3.63) is 28.8 Å². The van der Waals surface area contributed by atoms with Crippen LogP contribution < -0.4 is 0 Å². The fourth-order valence-electron chi connectivity index (χ4n) is 10.2. The minimum atomic E-state index is -0.157. The van der Waals surface area contributed by atoms with Crippen molar-refractivity contribution in [1.29, 1.82) is 0 Å². The fraction of sp³-hybridized carbons (Fsp3) is 0.859. The smallest absolute Gasteiger partial charge is 0.309 e. The Bertz CT molecular complexity index is 1390. The van der Waals surface area contributed by atoms with E-state index in [0.29, 0.717) is 43.3 Å². The molecule has 2 unspecified atom stereocenters. The zero-order valence-electron chi connectivity index (χ0n) is 48.8. The summed E-state index contributed by atoms with van der Waals surface area (Å²) in [6.07, 6.45) is 48.1. The van der Waals surface area contributed by atoms with Crippen molar-refractivity contribution in [3.63, 3.8) is 0 Å². The van der Waals surface area contributed by atoms with Crippen molar-refractivity contribution in [2.75, 3.05) is 31.8 Å². The number of ether oxygens (including phenoxy) is 3. The van der Waals surface area contributed by atoms with Crippen molar-refractivity contribution in [2.45, 2.75) is 316 Å². The SMILES string of the molecule is CCCCCCCCCCCCCCCCCCOC(=O)CCSCCC(=O)OCCCCCCCCCCCCCCCCCC.COC(=O)C1CCCCC1c1cc(C(C)(C)C)c(O)c(C(C)(C)C)c1. The van der Waals surface area contributed by atoms with Gasteiger partial charge < -0.3 is 19.3 Å². The highest BCUT2D eigenvalue weighted by Gasteiger charge is 2.35. The van der Waals surface area contributed by atoms with Crippen LogP contribution in [0.5, 0.6) is 5.75 Å². The van der Waals surface area contributed by atoms with Crippen LogP contribution in [0, 0.1) is 5.92 Å². The van der Waals surface area contributed by atoms with Crippen LogP contribution in [0.2, 0.25) is 0 Å². The first-order valence-electron chi connectivity index (χ1n) is 30.5. The number of aromatic hydroxyl groups is 1. The molecule has 1 aliphatic carbocycles. The Hall–Kier alpha value is -2.22.